The van der Waals surface area contributed by atoms with Crippen LogP contribution in [0.1, 0.15) is 31.2 Å². The summed E-state index contributed by atoms with van der Waals surface area (Å²) in [5, 5.41) is 7.78. The standard InChI is InChI=1S/C28H27F3N8/c29-21-12-18(19-10-17(13-32-14-19)15-38-9-5-28(30,31)16-38)11-20-23(21)36-37-24(20)26-34-22-4-6-33-27(25(22)35-26)39-7-2-1-3-8-39/h4,6,10-14H,1-3,5,7-9,15-16H2,(H,34,35)(H,36,37). The number of imidazole rings is 1. The number of anilines is 1. The van der Waals surface area contributed by atoms with Gasteiger partial charge in [0.15, 0.2) is 17.5 Å². The molecule has 39 heavy (non-hydrogen) atoms. The van der Waals surface area contributed by atoms with Gasteiger partial charge in [-0.25, -0.2) is 23.1 Å². The predicted molar refractivity (Wildman–Crippen MR) is 143 cm³/mol. The molecule has 8 nitrogen and oxygen atoms in total. The first-order valence-electron chi connectivity index (χ1n) is 13.3. The van der Waals surface area contributed by atoms with E-state index >= 15 is 4.39 Å². The Morgan fingerprint density at radius 3 is 2.67 bits per heavy atom. The van der Waals surface area contributed by atoms with E-state index < -0.39 is 11.7 Å². The van der Waals surface area contributed by atoms with Gasteiger partial charge in [-0.05, 0) is 54.7 Å². The third kappa shape index (κ3) is 4.50. The second-order valence-electron chi connectivity index (χ2n) is 10.5. The van der Waals surface area contributed by atoms with E-state index in [-0.39, 0.29) is 18.5 Å². The van der Waals surface area contributed by atoms with Gasteiger partial charge in [0.2, 0.25) is 0 Å². The highest BCUT2D eigenvalue weighted by Crippen LogP contribution is 2.34. The second-order valence-corrected chi connectivity index (χ2v) is 10.5. The van der Waals surface area contributed by atoms with Crippen LogP contribution in [0.4, 0.5) is 19.0 Å². The van der Waals surface area contributed by atoms with Crippen LogP contribution in [-0.4, -0.2) is 67.1 Å². The minimum atomic E-state index is -2.65. The largest absolute Gasteiger partial charge is 0.355 e. The number of nitrogens with one attached hydrogen (secondary N) is 2. The number of likely N-dealkylation sites (tertiary alicyclic amines) is 1. The van der Waals surface area contributed by atoms with Gasteiger partial charge in [0.25, 0.3) is 5.92 Å². The highest BCUT2D eigenvalue weighted by Gasteiger charge is 2.38. The lowest BCUT2D eigenvalue weighted by molar-refractivity contribution is 0.0115. The topological polar surface area (TPSA) is 89.6 Å². The van der Waals surface area contributed by atoms with Gasteiger partial charge in [0.05, 0.1) is 12.1 Å². The molecule has 2 aliphatic rings. The SMILES string of the molecule is Fc1cc(-c2cncc(CN3CCC(F)(F)C3)c2)cc2c(-c3nc4c(N5CCCCC5)nccc4[nH]3)[nH]nc12. The summed E-state index contributed by atoms with van der Waals surface area (Å²) in [7, 11) is 0. The van der Waals surface area contributed by atoms with Gasteiger partial charge in [-0.1, -0.05) is 0 Å². The van der Waals surface area contributed by atoms with Crippen molar-refractivity contribution in [2.75, 3.05) is 31.1 Å². The van der Waals surface area contributed by atoms with E-state index in [0.717, 1.165) is 48.3 Å². The summed E-state index contributed by atoms with van der Waals surface area (Å²) in [6.07, 6.45) is 8.44. The van der Waals surface area contributed by atoms with Crippen LogP contribution < -0.4 is 4.90 Å². The summed E-state index contributed by atoms with van der Waals surface area (Å²) >= 11 is 0. The molecule has 2 fully saturated rings. The lowest BCUT2D eigenvalue weighted by Crippen LogP contribution is -2.30. The number of benzene rings is 1. The Morgan fingerprint density at radius 1 is 0.974 bits per heavy atom. The smallest absolute Gasteiger partial charge is 0.261 e. The minimum Gasteiger partial charge on any atom is -0.355 e. The number of piperidine rings is 1. The molecular formula is C28H27F3N8. The Kier molecular flexibility index (Phi) is 5.76. The number of halogens is 3. The minimum absolute atomic E-state index is 0.136. The fourth-order valence-corrected chi connectivity index (χ4v) is 5.73. The van der Waals surface area contributed by atoms with Crippen molar-refractivity contribution in [2.24, 2.45) is 0 Å². The Labute approximate surface area is 222 Å². The van der Waals surface area contributed by atoms with Crippen molar-refractivity contribution in [2.45, 2.75) is 38.2 Å². The Hall–Kier alpha value is -3.99. The predicted octanol–water partition coefficient (Wildman–Crippen LogP) is 5.53. The molecule has 5 aromatic rings. The van der Waals surface area contributed by atoms with Crippen LogP contribution >= 0.6 is 0 Å². The van der Waals surface area contributed by atoms with E-state index in [1.807, 2.05) is 18.2 Å². The Morgan fingerprint density at radius 2 is 1.85 bits per heavy atom. The maximum atomic E-state index is 15.2. The van der Waals surface area contributed by atoms with Gasteiger partial charge in [0.1, 0.15) is 16.7 Å². The molecule has 0 amide bonds. The van der Waals surface area contributed by atoms with Gasteiger partial charge in [0, 0.05) is 62.1 Å². The lowest BCUT2D eigenvalue weighted by Gasteiger charge is -2.27. The Balaban J connectivity index is 1.25. The third-order valence-corrected chi connectivity index (χ3v) is 7.67. The molecule has 6 heterocycles. The molecule has 0 saturated carbocycles. The maximum absolute atomic E-state index is 15.2. The molecule has 0 radical (unpaired) electrons. The van der Waals surface area contributed by atoms with Crippen molar-refractivity contribution in [3.63, 3.8) is 0 Å². The van der Waals surface area contributed by atoms with Gasteiger partial charge in [-0.2, -0.15) is 5.10 Å². The molecule has 0 spiro atoms. The van der Waals surface area contributed by atoms with Crippen molar-refractivity contribution in [3.05, 3.63) is 54.2 Å². The fourth-order valence-electron chi connectivity index (χ4n) is 5.73. The molecule has 1 aromatic carbocycles. The number of fused-ring (bicyclic) bond motifs is 2. The quantitative estimate of drug-likeness (QED) is 0.309. The molecule has 2 saturated heterocycles. The number of hydrogen-bond donors (Lipinski definition) is 2. The number of H-pyrrole nitrogens is 2. The summed E-state index contributed by atoms with van der Waals surface area (Å²) in [5.41, 5.74) is 4.54. The molecular weight excluding hydrogens is 505 g/mol. The van der Waals surface area contributed by atoms with E-state index in [9.17, 15) is 8.78 Å². The summed E-state index contributed by atoms with van der Waals surface area (Å²) in [4.78, 5) is 21.1. The number of aromatic nitrogens is 6. The molecule has 0 unspecified atom stereocenters. The molecule has 0 aliphatic carbocycles. The van der Waals surface area contributed by atoms with Crippen LogP contribution in [0.3, 0.4) is 0 Å². The molecule has 4 aromatic heterocycles. The first kappa shape index (κ1) is 24.1. The first-order valence-corrected chi connectivity index (χ1v) is 13.3. The number of alkyl halides is 2. The highest BCUT2D eigenvalue weighted by atomic mass is 19.3. The van der Waals surface area contributed by atoms with Gasteiger partial charge < -0.3 is 9.88 Å². The third-order valence-electron chi connectivity index (χ3n) is 7.67. The summed E-state index contributed by atoms with van der Waals surface area (Å²) in [6.45, 7) is 2.34. The molecule has 2 aliphatic heterocycles. The number of hydrogen-bond acceptors (Lipinski definition) is 6. The molecule has 0 atom stereocenters. The average Bonchev–Trinajstić information content (AvgIpc) is 3.65. The number of rotatable bonds is 5. The number of nitrogens with zero attached hydrogens (tertiary/aromatic N) is 6. The van der Waals surface area contributed by atoms with Gasteiger partial charge >= 0.3 is 0 Å². The second kappa shape index (κ2) is 9.33. The van der Waals surface area contributed by atoms with Crippen molar-refractivity contribution in [1.29, 1.82) is 0 Å². The van der Waals surface area contributed by atoms with Crippen LogP contribution in [0.2, 0.25) is 0 Å². The molecule has 200 valence electrons. The van der Waals surface area contributed by atoms with E-state index in [2.05, 4.69) is 30.0 Å². The summed E-state index contributed by atoms with van der Waals surface area (Å²) in [6, 6.07) is 7.05. The summed E-state index contributed by atoms with van der Waals surface area (Å²) < 4.78 is 42.5. The van der Waals surface area contributed by atoms with Crippen LogP contribution in [-0.2, 0) is 6.54 Å². The fraction of sp³-hybridized carbons (Fsp3) is 0.357. The van der Waals surface area contributed by atoms with Crippen molar-refractivity contribution >= 4 is 27.8 Å². The zero-order valence-corrected chi connectivity index (χ0v) is 21.2. The molecule has 11 heteroatoms. The monoisotopic (exact) mass is 532 g/mol. The molecule has 2 N–H and O–H groups in total. The normalized spacial score (nSPS) is 18.0. The van der Waals surface area contributed by atoms with Crippen LogP contribution in [0.25, 0.3) is 44.6 Å². The van der Waals surface area contributed by atoms with Gasteiger partial charge in [-0.15, -0.1) is 0 Å². The van der Waals surface area contributed by atoms with Crippen LogP contribution in [0.5, 0.6) is 0 Å². The highest BCUT2D eigenvalue weighted by molar-refractivity contribution is 5.97. The van der Waals surface area contributed by atoms with E-state index in [4.69, 9.17) is 4.98 Å². The molecule has 0 bridgehead atoms. The van der Waals surface area contributed by atoms with Crippen molar-refractivity contribution < 1.29 is 13.2 Å². The number of pyridine rings is 2. The zero-order chi connectivity index (χ0) is 26.6. The van der Waals surface area contributed by atoms with E-state index in [1.165, 1.54) is 12.5 Å². The average molecular weight is 533 g/mol. The lowest BCUT2D eigenvalue weighted by atomic mass is 10.0. The van der Waals surface area contributed by atoms with Crippen LogP contribution in [0.15, 0.2) is 42.9 Å². The maximum Gasteiger partial charge on any atom is 0.261 e. The van der Waals surface area contributed by atoms with Crippen molar-refractivity contribution in [1.82, 2.24) is 35.0 Å². The van der Waals surface area contributed by atoms with E-state index in [1.54, 1.807) is 23.5 Å². The first-order chi connectivity index (χ1) is 18.9. The summed E-state index contributed by atoms with van der Waals surface area (Å²) in [5.74, 6) is -1.72. The van der Waals surface area contributed by atoms with E-state index in [0.29, 0.717) is 41.1 Å². The zero-order valence-electron chi connectivity index (χ0n) is 21.2. The van der Waals surface area contributed by atoms with Crippen LogP contribution in [0, 0.1) is 5.82 Å². The van der Waals surface area contributed by atoms with Gasteiger partial charge in [-0.3, -0.25) is 15.0 Å². The molecule has 7 rings (SSSR count). The van der Waals surface area contributed by atoms with Crippen molar-refractivity contribution in [3.8, 4) is 22.6 Å². The number of aromatic amines is 2. The Bertz CT molecular complexity index is 1670.